The van der Waals surface area contributed by atoms with Crippen LogP contribution >= 0.6 is 23.2 Å². The number of benzene rings is 1. The lowest BCUT2D eigenvalue weighted by molar-refractivity contribution is 0.362. The van der Waals surface area contributed by atoms with Gasteiger partial charge in [0.2, 0.25) is 11.7 Å². The Hall–Kier alpha value is -1.10. The van der Waals surface area contributed by atoms with Crippen molar-refractivity contribution in [3.8, 4) is 11.4 Å². The topological polar surface area (TPSA) is 64.9 Å². The number of nitrogens with zero attached hydrogens (tertiary/aromatic N) is 2. The van der Waals surface area contributed by atoms with Crippen molar-refractivity contribution in [2.75, 3.05) is 0 Å². The maximum Gasteiger partial charge on any atom is 0.243 e. The first-order chi connectivity index (χ1) is 7.58. The zero-order valence-electron chi connectivity index (χ0n) is 8.45. The Kier molecular flexibility index (Phi) is 3.14. The molecule has 84 valence electrons. The van der Waals surface area contributed by atoms with E-state index in [0.717, 1.165) is 0 Å². The van der Waals surface area contributed by atoms with Crippen LogP contribution in [0.2, 0.25) is 10.0 Å². The minimum absolute atomic E-state index is 0.306. The molecule has 16 heavy (non-hydrogen) atoms. The van der Waals surface area contributed by atoms with Crippen LogP contribution in [-0.2, 0) is 0 Å². The molecule has 0 fully saturated rings. The van der Waals surface area contributed by atoms with E-state index in [0.29, 0.717) is 27.3 Å². The van der Waals surface area contributed by atoms with Gasteiger partial charge in [0.05, 0.1) is 11.1 Å². The summed E-state index contributed by atoms with van der Waals surface area (Å²) < 4.78 is 4.99. The quantitative estimate of drug-likeness (QED) is 0.898. The second-order valence-electron chi connectivity index (χ2n) is 3.37. The fourth-order valence-corrected chi connectivity index (χ4v) is 1.57. The molecule has 0 aliphatic carbocycles. The van der Waals surface area contributed by atoms with Crippen molar-refractivity contribution in [3.63, 3.8) is 0 Å². The lowest BCUT2D eigenvalue weighted by Crippen LogP contribution is -2.04. The smallest absolute Gasteiger partial charge is 0.243 e. The lowest BCUT2D eigenvalue weighted by atomic mass is 10.2. The molecule has 0 bridgehead atoms. The normalized spacial score (nSPS) is 12.8. The minimum Gasteiger partial charge on any atom is -0.337 e. The SMILES string of the molecule is C[C@@H](N)c1nc(-c2cc(Cl)ccc2Cl)no1. The van der Waals surface area contributed by atoms with E-state index in [2.05, 4.69) is 10.1 Å². The Balaban J connectivity index is 2.46. The van der Waals surface area contributed by atoms with Gasteiger partial charge in [0, 0.05) is 10.6 Å². The van der Waals surface area contributed by atoms with E-state index in [4.69, 9.17) is 33.5 Å². The maximum absolute atomic E-state index is 6.01. The molecule has 0 radical (unpaired) electrons. The van der Waals surface area contributed by atoms with Gasteiger partial charge in [-0.25, -0.2) is 0 Å². The third kappa shape index (κ3) is 2.19. The zero-order valence-corrected chi connectivity index (χ0v) is 9.96. The second kappa shape index (κ2) is 4.41. The van der Waals surface area contributed by atoms with E-state index in [-0.39, 0.29) is 6.04 Å². The minimum atomic E-state index is -0.306. The molecule has 1 aromatic carbocycles. The van der Waals surface area contributed by atoms with Crippen molar-refractivity contribution in [2.45, 2.75) is 13.0 Å². The summed E-state index contributed by atoms with van der Waals surface area (Å²) in [5.41, 5.74) is 6.25. The standard InChI is InChI=1S/C10H9Cl2N3O/c1-5(13)10-14-9(15-16-10)7-4-6(11)2-3-8(7)12/h2-5H,13H2,1H3/t5-/m1/s1. The third-order valence-corrected chi connectivity index (χ3v) is 2.57. The molecule has 4 nitrogen and oxygen atoms in total. The summed E-state index contributed by atoms with van der Waals surface area (Å²) in [7, 11) is 0. The van der Waals surface area contributed by atoms with Crippen molar-refractivity contribution in [1.29, 1.82) is 0 Å². The summed E-state index contributed by atoms with van der Waals surface area (Å²) in [5.74, 6) is 0.755. The molecule has 2 aromatic rings. The highest BCUT2D eigenvalue weighted by Crippen LogP contribution is 2.28. The molecule has 2 rings (SSSR count). The first kappa shape index (κ1) is 11.4. The van der Waals surface area contributed by atoms with Crippen molar-refractivity contribution in [3.05, 3.63) is 34.1 Å². The Morgan fingerprint density at radius 1 is 1.38 bits per heavy atom. The van der Waals surface area contributed by atoms with Crippen molar-refractivity contribution in [2.24, 2.45) is 5.73 Å². The summed E-state index contributed by atoms with van der Waals surface area (Å²) in [6.45, 7) is 1.76. The van der Waals surface area contributed by atoms with E-state index in [9.17, 15) is 0 Å². The summed E-state index contributed by atoms with van der Waals surface area (Å²) in [6, 6.07) is 4.75. The summed E-state index contributed by atoms with van der Waals surface area (Å²) in [5, 5.41) is 4.88. The molecule has 0 amide bonds. The van der Waals surface area contributed by atoms with E-state index in [1.165, 1.54) is 0 Å². The molecule has 6 heteroatoms. The van der Waals surface area contributed by atoms with Gasteiger partial charge in [-0.15, -0.1) is 0 Å². The molecule has 0 aliphatic heterocycles. The van der Waals surface area contributed by atoms with E-state index in [1.54, 1.807) is 25.1 Å². The Morgan fingerprint density at radius 3 is 2.75 bits per heavy atom. The Morgan fingerprint density at radius 2 is 2.12 bits per heavy atom. The number of hydrogen-bond acceptors (Lipinski definition) is 4. The Labute approximate surface area is 102 Å². The number of halogens is 2. The number of rotatable bonds is 2. The molecule has 0 saturated carbocycles. The first-order valence-electron chi connectivity index (χ1n) is 4.62. The highest BCUT2D eigenvalue weighted by Gasteiger charge is 2.14. The van der Waals surface area contributed by atoms with Gasteiger partial charge in [-0.3, -0.25) is 0 Å². The molecule has 1 aromatic heterocycles. The molecule has 0 saturated heterocycles. The summed E-state index contributed by atoms with van der Waals surface area (Å²) >= 11 is 11.9. The number of hydrogen-bond donors (Lipinski definition) is 1. The summed E-state index contributed by atoms with van der Waals surface area (Å²) in [6.07, 6.45) is 0. The summed E-state index contributed by atoms with van der Waals surface area (Å²) in [4.78, 5) is 4.14. The van der Waals surface area contributed by atoms with Crippen LogP contribution in [0.1, 0.15) is 18.9 Å². The van der Waals surface area contributed by atoms with Crippen molar-refractivity contribution in [1.82, 2.24) is 10.1 Å². The van der Waals surface area contributed by atoms with Crippen molar-refractivity contribution < 1.29 is 4.52 Å². The van der Waals surface area contributed by atoms with Crippen LogP contribution in [0.5, 0.6) is 0 Å². The largest absolute Gasteiger partial charge is 0.337 e. The van der Waals surface area contributed by atoms with Gasteiger partial charge in [-0.05, 0) is 25.1 Å². The zero-order chi connectivity index (χ0) is 11.7. The fourth-order valence-electron chi connectivity index (χ4n) is 1.20. The average molecular weight is 258 g/mol. The molecule has 0 unspecified atom stereocenters. The molecule has 0 spiro atoms. The van der Waals surface area contributed by atoms with E-state index in [1.807, 2.05) is 0 Å². The predicted octanol–water partition coefficient (Wildman–Crippen LogP) is 3.06. The van der Waals surface area contributed by atoms with Gasteiger partial charge >= 0.3 is 0 Å². The van der Waals surface area contributed by atoms with Gasteiger partial charge in [-0.1, -0.05) is 28.4 Å². The van der Waals surface area contributed by atoms with Crippen LogP contribution in [0, 0.1) is 0 Å². The van der Waals surface area contributed by atoms with Crippen molar-refractivity contribution >= 4 is 23.2 Å². The predicted molar refractivity (Wildman–Crippen MR) is 62.4 cm³/mol. The molecular weight excluding hydrogens is 249 g/mol. The molecule has 1 heterocycles. The monoisotopic (exact) mass is 257 g/mol. The lowest BCUT2D eigenvalue weighted by Gasteiger charge is -1.98. The van der Waals surface area contributed by atoms with E-state index >= 15 is 0 Å². The van der Waals surface area contributed by atoms with Gasteiger partial charge in [0.25, 0.3) is 0 Å². The van der Waals surface area contributed by atoms with Crippen LogP contribution in [0.4, 0.5) is 0 Å². The molecule has 2 N–H and O–H groups in total. The first-order valence-corrected chi connectivity index (χ1v) is 5.38. The molecule has 0 aliphatic rings. The van der Waals surface area contributed by atoms with Crippen LogP contribution in [-0.4, -0.2) is 10.1 Å². The van der Waals surface area contributed by atoms with Crippen LogP contribution < -0.4 is 5.73 Å². The Bertz CT molecular complexity index is 511. The third-order valence-electron chi connectivity index (χ3n) is 2.00. The van der Waals surface area contributed by atoms with Gasteiger partial charge in [-0.2, -0.15) is 4.98 Å². The number of aromatic nitrogens is 2. The van der Waals surface area contributed by atoms with Crippen LogP contribution in [0.3, 0.4) is 0 Å². The number of nitrogens with two attached hydrogens (primary N) is 1. The average Bonchev–Trinajstić information content (AvgIpc) is 2.70. The molecule has 1 atom stereocenters. The van der Waals surface area contributed by atoms with Gasteiger partial charge < -0.3 is 10.3 Å². The maximum atomic E-state index is 6.01. The highest BCUT2D eigenvalue weighted by molar-refractivity contribution is 6.35. The fraction of sp³-hybridized carbons (Fsp3) is 0.200. The van der Waals surface area contributed by atoms with Crippen LogP contribution in [0.25, 0.3) is 11.4 Å². The van der Waals surface area contributed by atoms with E-state index < -0.39 is 0 Å². The van der Waals surface area contributed by atoms with Crippen LogP contribution in [0.15, 0.2) is 22.7 Å². The van der Waals surface area contributed by atoms with Gasteiger partial charge in [0.1, 0.15) is 0 Å². The second-order valence-corrected chi connectivity index (χ2v) is 4.21. The highest BCUT2D eigenvalue weighted by atomic mass is 35.5. The van der Waals surface area contributed by atoms with Gasteiger partial charge in [0.15, 0.2) is 0 Å². The molecular formula is C10H9Cl2N3O.